The lowest BCUT2D eigenvalue weighted by atomic mass is 10.2. The Morgan fingerprint density at radius 2 is 1.83 bits per heavy atom. The van der Waals surface area contributed by atoms with Gasteiger partial charge < -0.3 is 15.4 Å². The molecule has 2 rings (SSSR count). The Kier molecular flexibility index (Phi) is 3.85. The third-order valence-electron chi connectivity index (χ3n) is 2.75. The molecule has 0 amide bonds. The summed E-state index contributed by atoms with van der Waals surface area (Å²) in [6.07, 6.45) is 0. The fourth-order valence-electron chi connectivity index (χ4n) is 1.72. The van der Waals surface area contributed by atoms with E-state index >= 15 is 0 Å². The Morgan fingerprint density at radius 3 is 2.56 bits per heavy atom. The summed E-state index contributed by atoms with van der Waals surface area (Å²) in [5, 5.41) is 0. The van der Waals surface area contributed by atoms with Crippen LogP contribution in [0, 0.1) is 0 Å². The molecule has 0 fully saturated rings. The molecule has 0 saturated heterocycles. The van der Waals surface area contributed by atoms with E-state index in [1.807, 2.05) is 67.5 Å². The third-order valence-corrected chi connectivity index (χ3v) is 2.75. The summed E-state index contributed by atoms with van der Waals surface area (Å²) in [6.45, 7) is 0.476. The molecule has 2 aromatic rings. The highest BCUT2D eigenvalue weighted by atomic mass is 16.5. The van der Waals surface area contributed by atoms with E-state index in [9.17, 15) is 0 Å². The van der Waals surface area contributed by atoms with E-state index in [2.05, 4.69) is 0 Å². The van der Waals surface area contributed by atoms with E-state index in [-0.39, 0.29) is 0 Å². The van der Waals surface area contributed by atoms with Crippen LogP contribution < -0.4 is 15.4 Å². The summed E-state index contributed by atoms with van der Waals surface area (Å²) in [7, 11) is 4.01. The summed E-state index contributed by atoms with van der Waals surface area (Å²) in [6, 6.07) is 15.8. The Balaban J connectivity index is 2.25. The molecule has 0 atom stereocenters. The van der Waals surface area contributed by atoms with Gasteiger partial charge in [-0.05, 0) is 18.2 Å². The molecule has 2 N–H and O–H groups in total. The van der Waals surface area contributed by atoms with Crippen LogP contribution in [0.3, 0.4) is 0 Å². The van der Waals surface area contributed by atoms with Crippen LogP contribution in [0.2, 0.25) is 0 Å². The molecule has 18 heavy (non-hydrogen) atoms. The van der Waals surface area contributed by atoms with Gasteiger partial charge in [0.05, 0.1) is 0 Å². The zero-order valence-electron chi connectivity index (χ0n) is 10.8. The summed E-state index contributed by atoms with van der Waals surface area (Å²) in [5.41, 5.74) is 7.81. The fourth-order valence-corrected chi connectivity index (χ4v) is 1.72. The molecular formula is C15H18N2O. The molecule has 0 aliphatic heterocycles. The van der Waals surface area contributed by atoms with Crippen molar-refractivity contribution in [1.29, 1.82) is 0 Å². The highest BCUT2D eigenvalue weighted by Gasteiger charge is 2.04. The van der Waals surface area contributed by atoms with Crippen molar-refractivity contribution in [1.82, 2.24) is 0 Å². The average molecular weight is 242 g/mol. The minimum atomic E-state index is 0.476. The van der Waals surface area contributed by atoms with Crippen LogP contribution in [0.15, 0.2) is 48.5 Å². The Morgan fingerprint density at radius 1 is 1.06 bits per heavy atom. The molecule has 3 nitrogen and oxygen atoms in total. The first-order chi connectivity index (χ1) is 8.70. The normalized spacial score (nSPS) is 10.2. The molecule has 2 aromatic carbocycles. The van der Waals surface area contributed by atoms with Crippen molar-refractivity contribution in [2.75, 3.05) is 19.0 Å². The van der Waals surface area contributed by atoms with Crippen molar-refractivity contribution in [3.05, 3.63) is 54.1 Å². The number of para-hydroxylation sites is 1. The van der Waals surface area contributed by atoms with Gasteiger partial charge in [-0.15, -0.1) is 0 Å². The van der Waals surface area contributed by atoms with Crippen LogP contribution in [-0.4, -0.2) is 14.1 Å². The third kappa shape index (κ3) is 2.81. The molecule has 94 valence electrons. The van der Waals surface area contributed by atoms with E-state index in [0.29, 0.717) is 6.54 Å². The molecule has 3 heteroatoms. The van der Waals surface area contributed by atoms with E-state index in [0.717, 1.165) is 22.7 Å². The molecular weight excluding hydrogens is 224 g/mol. The number of nitrogens with zero attached hydrogens (tertiary/aromatic N) is 1. The summed E-state index contributed by atoms with van der Waals surface area (Å²) < 4.78 is 5.88. The summed E-state index contributed by atoms with van der Waals surface area (Å²) in [4.78, 5) is 2.04. The van der Waals surface area contributed by atoms with Crippen LogP contribution in [0.25, 0.3) is 0 Å². The molecule has 0 spiro atoms. The summed E-state index contributed by atoms with van der Waals surface area (Å²) in [5.74, 6) is 1.64. The first kappa shape index (κ1) is 12.5. The van der Waals surface area contributed by atoms with Gasteiger partial charge >= 0.3 is 0 Å². The topological polar surface area (TPSA) is 38.5 Å². The van der Waals surface area contributed by atoms with Crippen molar-refractivity contribution >= 4 is 5.69 Å². The van der Waals surface area contributed by atoms with Crippen LogP contribution in [0.5, 0.6) is 11.5 Å². The van der Waals surface area contributed by atoms with Crippen LogP contribution in [0.4, 0.5) is 5.69 Å². The lowest BCUT2D eigenvalue weighted by Gasteiger charge is -2.15. The Hall–Kier alpha value is -2.00. The van der Waals surface area contributed by atoms with Crippen molar-refractivity contribution in [3.63, 3.8) is 0 Å². The Labute approximate surface area is 108 Å². The van der Waals surface area contributed by atoms with Gasteiger partial charge in [-0.25, -0.2) is 0 Å². The zero-order valence-corrected chi connectivity index (χ0v) is 10.8. The molecule has 0 radical (unpaired) electrons. The first-order valence-corrected chi connectivity index (χ1v) is 5.94. The van der Waals surface area contributed by atoms with Crippen LogP contribution in [-0.2, 0) is 6.54 Å². The van der Waals surface area contributed by atoms with Crippen LogP contribution >= 0.6 is 0 Å². The van der Waals surface area contributed by atoms with Gasteiger partial charge in [-0.1, -0.05) is 24.3 Å². The standard InChI is InChI=1S/C15H18N2O/c1-17(2)13-7-5-8-14(10-13)18-15-9-4-3-6-12(15)11-16/h3-10H,11,16H2,1-2H3. The molecule has 0 aliphatic carbocycles. The monoisotopic (exact) mass is 242 g/mol. The average Bonchev–Trinajstić information content (AvgIpc) is 2.39. The highest BCUT2D eigenvalue weighted by molar-refractivity contribution is 5.50. The van der Waals surface area contributed by atoms with Gasteiger partial charge in [0.25, 0.3) is 0 Å². The lowest BCUT2D eigenvalue weighted by Crippen LogP contribution is -2.08. The maximum absolute atomic E-state index is 5.88. The van der Waals surface area contributed by atoms with Crippen molar-refractivity contribution in [3.8, 4) is 11.5 Å². The van der Waals surface area contributed by atoms with Crippen molar-refractivity contribution < 1.29 is 4.74 Å². The molecule has 0 aromatic heterocycles. The molecule has 0 unspecified atom stereocenters. The van der Waals surface area contributed by atoms with E-state index in [1.165, 1.54) is 0 Å². The molecule has 0 heterocycles. The first-order valence-electron chi connectivity index (χ1n) is 5.94. The van der Waals surface area contributed by atoms with Gasteiger partial charge in [0.1, 0.15) is 11.5 Å². The maximum atomic E-state index is 5.88. The van der Waals surface area contributed by atoms with Crippen LogP contribution in [0.1, 0.15) is 5.56 Å². The van der Waals surface area contributed by atoms with E-state index in [1.54, 1.807) is 0 Å². The minimum Gasteiger partial charge on any atom is -0.457 e. The number of anilines is 1. The number of nitrogens with two attached hydrogens (primary N) is 1. The van der Waals surface area contributed by atoms with Crippen molar-refractivity contribution in [2.45, 2.75) is 6.54 Å². The number of benzene rings is 2. The quantitative estimate of drug-likeness (QED) is 0.895. The molecule has 0 aliphatic rings. The second kappa shape index (κ2) is 5.56. The van der Waals surface area contributed by atoms with Gasteiger partial charge in [0.15, 0.2) is 0 Å². The van der Waals surface area contributed by atoms with E-state index < -0.39 is 0 Å². The zero-order chi connectivity index (χ0) is 13.0. The lowest BCUT2D eigenvalue weighted by molar-refractivity contribution is 0.476. The maximum Gasteiger partial charge on any atom is 0.131 e. The summed E-state index contributed by atoms with van der Waals surface area (Å²) >= 11 is 0. The van der Waals surface area contributed by atoms with Gasteiger partial charge in [0, 0.05) is 38.0 Å². The highest BCUT2D eigenvalue weighted by Crippen LogP contribution is 2.27. The number of ether oxygens (including phenoxy) is 1. The van der Waals surface area contributed by atoms with Crippen molar-refractivity contribution in [2.24, 2.45) is 5.73 Å². The van der Waals surface area contributed by atoms with Gasteiger partial charge in [-0.2, -0.15) is 0 Å². The fraction of sp³-hybridized carbons (Fsp3) is 0.200. The predicted molar refractivity (Wildman–Crippen MR) is 75.2 cm³/mol. The number of hydrogen-bond acceptors (Lipinski definition) is 3. The minimum absolute atomic E-state index is 0.476. The second-order valence-electron chi connectivity index (χ2n) is 4.31. The van der Waals surface area contributed by atoms with Gasteiger partial charge in [0.2, 0.25) is 0 Å². The number of rotatable bonds is 4. The Bertz CT molecular complexity index is 523. The predicted octanol–water partition coefficient (Wildman–Crippen LogP) is 3.00. The SMILES string of the molecule is CN(C)c1cccc(Oc2ccccc2CN)c1. The molecule has 0 saturated carbocycles. The molecule has 0 bridgehead atoms. The number of hydrogen-bond donors (Lipinski definition) is 1. The van der Waals surface area contributed by atoms with Gasteiger partial charge in [-0.3, -0.25) is 0 Å². The second-order valence-corrected chi connectivity index (χ2v) is 4.31. The smallest absolute Gasteiger partial charge is 0.131 e. The largest absolute Gasteiger partial charge is 0.457 e. The van der Waals surface area contributed by atoms with E-state index in [4.69, 9.17) is 10.5 Å².